The van der Waals surface area contributed by atoms with E-state index in [1.807, 2.05) is 26.0 Å². The van der Waals surface area contributed by atoms with Crippen molar-refractivity contribution in [3.63, 3.8) is 0 Å². The number of methoxy groups -OCH3 is 1. The largest absolute Gasteiger partial charge is 0.490 e. The van der Waals surface area contributed by atoms with Crippen molar-refractivity contribution in [3.8, 4) is 11.5 Å². The zero-order valence-corrected chi connectivity index (χ0v) is 14.2. The number of hydrogen-bond acceptors (Lipinski definition) is 4. The second-order valence-corrected chi connectivity index (χ2v) is 6.20. The molecule has 0 aliphatic rings. The van der Waals surface area contributed by atoms with Crippen molar-refractivity contribution in [1.82, 2.24) is 5.32 Å². The highest BCUT2D eigenvalue weighted by Gasteiger charge is 2.12. The van der Waals surface area contributed by atoms with Gasteiger partial charge in [0.2, 0.25) is 0 Å². The average molecular weight is 295 g/mol. The molecule has 4 nitrogen and oxygen atoms in total. The molecule has 120 valence electrons. The Morgan fingerprint density at radius 3 is 2.48 bits per heavy atom. The number of rotatable bonds is 8. The zero-order chi connectivity index (χ0) is 15.9. The molecule has 1 atom stereocenters. The van der Waals surface area contributed by atoms with Crippen LogP contribution in [0, 0.1) is 0 Å². The number of nitrogens with one attached hydrogen (secondary N) is 1. The van der Waals surface area contributed by atoms with Crippen molar-refractivity contribution in [1.29, 1.82) is 0 Å². The Morgan fingerprint density at radius 1 is 1.19 bits per heavy atom. The maximum atomic E-state index is 5.87. The molecule has 0 amide bonds. The summed E-state index contributed by atoms with van der Waals surface area (Å²) in [7, 11) is 1.67. The zero-order valence-electron chi connectivity index (χ0n) is 14.2. The first kappa shape index (κ1) is 17.8. The van der Waals surface area contributed by atoms with E-state index in [2.05, 4.69) is 32.2 Å². The van der Waals surface area contributed by atoms with Gasteiger partial charge >= 0.3 is 0 Å². The van der Waals surface area contributed by atoms with Crippen LogP contribution in [0.3, 0.4) is 0 Å². The molecule has 0 bridgehead atoms. The summed E-state index contributed by atoms with van der Waals surface area (Å²) in [6, 6.07) is 6.07. The Balaban J connectivity index is 2.80. The van der Waals surface area contributed by atoms with Gasteiger partial charge in [-0.2, -0.15) is 0 Å². The fraction of sp³-hybridized carbons (Fsp3) is 0.647. The molecule has 0 spiro atoms. The summed E-state index contributed by atoms with van der Waals surface area (Å²) in [5.74, 6) is 1.55. The molecule has 0 radical (unpaired) electrons. The minimum atomic E-state index is -0.00671. The summed E-state index contributed by atoms with van der Waals surface area (Å²) < 4.78 is 16.7. The van der Waals surface area contributed by atoms with Crippen LogP contribution < -0.4 is 14.8 Å². The SMILES string of the molecule is CCOc1cc(CNC(C)(C)C)ccc1OC(C)COC. The van der Waals surface area contributed by atoms with E-state index in [1.54, 1.807) is 7.11 Å². The van der Waals surface area contributed by atoms with E-state index in [4.69, 9.17) is 14.2 Å². The number of hydrogen-bond donors (Lipinski definition) is 1. The van der Waals surface area contributed by atoms with E-state index in [0.717, 1.165) is 18.0 Å². The molecule has 1 N–H and O–H groups in total. The smallest absolute Gasteiger partial charge is 0.161 e. The first-order valence-corrected chi connectivity index (χ1v) is 7.52. The molecule has 0 aromatic heterocycles. The van der Waals surface area contributed by atoms with Crippen molar-refractivity contribution in [3.05, 3.63) is 23.8 Å². The summed E-state index contributed by atoms with van der Waals surface area (Å²) in [5.41, 5.74) is 1.27. The van der Waals surface area contributed by atoms with Gasteiger partial charge in [-0.25, -0.2) is 0 Å². The molecule has 0 aliphatic heterocycles. The van der Waals surface area contributed by atoms with Gasteiger partial charge in [0.05, 0.1) is 13.2 Å². The molecule has 0 fully saturated rings. The fourth-order valence-electron chi connectivity index (χ4n) is 1.88. The lowest BCUT2D eigenvalue weighted by molar-refractivity contribution is 0.0894. The fourth-order valence-corrected chi connectivity index (χ4v) is 1.88. The first-order valence-electron chi connectivity index (χ1n) is 7.52. The van der Waals surface area contributed by atoms with Crippen LogP contribution >= 0.6 is 0 Å². The summed E-state index contributed by atoms with van der Waals surface area (Å²) in [6.45, 7) is 12.4. The minimum absolute atomic E-state index is 0.00671. The average Bonchev–Trinajstić information content (AvgIpc) is 2.38. The first-order chi connectivity index (χ1) is 9.85. The van der Waals surface area contributed by atoms with Crippen LogP contribution in [0.25, 0.3) is 0 Å². The second-order valence-electron chi connectivity index (χ2n) is 6.20. The molecule has 4 heteroatoms. The molecule has 21 heavy (non-hydrogen) atoms. The van der Waals surface area contributed by atoms with Crippen molar-refractivity contribution in [2.45, 2.75) is 52.8 Å². The normalized spacial score (nSPS) is 13.0. The molecular formula is C17H29NO3. The number of ether oxygens (including phenoxy) is 3. The summed E-state index contributed by atoms with van der Waals surface area (Å²) >= 11 is 0. The standard InChI is InChI=1S/C17H29NO3/c1-7-20-16-10-14(11-18-17(3,4)5)8-9-15(16)21-13(2)12-19-6/h8-10,13,18H,7,11-12H2,1-6H3. The molecule has 0 saturated heterocycles. The predicted molar refractivity (Wildman–Crippen MR) is 86.2 cm³/mol. The van der Waals surface area contributed by atoms with E-state index < -0.39 is 0 Å². The molecule has 1 unspecified atom stereocenters. The van der Waals surface area contributed by atoms with E-state index in [0.29, 0.717) is 13.2 Å². The van der Waals surface area contributed by atoms with Crippen LogP contribution in [-0.4, -0.2) is 32.0 Å². The Labute approximate surface area is 128 Å². The topological polar surface area (TPSA) is 39.7 Å². The van der Waals surface area contributed by atoms with E-state index >= 15 is 0 Å². The van der Waals surface area contributed by atoms with E-state index in [-0.39, 0.29) is 11.6 Å². The van der Waals surface area contributed by atoms with Crippen molar-refractivity contribution < 1.29 is 14.2 Å². The summed E-state index contributed by atoms with van der Waals surface area (Å²) in [5, 5.41) is 3.47. The van der Waals surface area contributed by atoms with Gasteiger partial charge in [-0.1, -0.05) is 6.07 Å². The maximum Gasteiger partial charge on any atom is 0.161 e. The highest BCUT2D eigenvalue weighted by molar-refractivity contribution is 5.43. The van der Waals surface area contributed by atoms with Gasteiger partial charge in [-0.3, -0.25) is 0 Å². The van der Waals surface area contributed by atoms with Crippen LogP contribution in [0.4, 0.5) is 0 Å². The van der Waals surface area contributed by atoms with Gasteiger partial charge in [0.15, 0.2) is 11.5 Å². The molecule has 1 aromatic rings. The Hall–Kier alpha value is -1.26. The van der Waals surface area contributed by atoms with Gasteiger partial charge in [-0.15, -0.1) is 0 Å². The predicted octanol–water partition coefficient (Wildman–Crippen LogP) is 3.39. The third-order valence-electron chi connectivity index (χ3n) is 2.86. The van der Waals surface area contributed by atoms with Gasteiger partial charge in [0.1, 0.15) is 6.10 Å². The lowest BCUT2D eigenvalue weighted by Gasteiger charge is -2.21. The molecule has 0 heterocycles. The van der Waals surface area contributed by atoms with Crippen LogP contribution in [0.1, 0.15) is 40.2 Å². The third kappa shape index (κ3) is 6.82. The Morgan fingerprint density at radius 2 is 1.90 bits per heavy atom. The van der Waals surface area contributed by atoms with Crippen molar-refractivity contribution in [2.75, 3.05) is 20.3 Å². The minimum Gasteiger partial charge on any atom is -0.490 e. The third-order valence-corrected chi connectivity index (χ3v) is 2.86. The Kier molecular flexibility index (Phi) is 6.99. The van der Waals surface area contributed by atoms with E-state index in [1.165, 1.54) is 5.56 Å². The molecule has 0 aliphatic carbocycles. The van der Waals surface area contributed by atoms with Crippen LogP contribution in [-0.2, 0) is 11.3 Å². The molecule has 0 saturated carbocycles. The van der Waals surface area contributed by atoms with Crippen molar-refractivity contribution in [2.24, 2.45) is 0 Å². The highest BCUT2D eigenvalue weighted by atomic mass is 16.5. The van der Waals surface area contributed by atoms with E-state index in [9.17, 15) is 0 Å². The molecule has 1 aromatic carbocycles. The van der Waals surface area contributed by atoms with Gasteiger partial charge < -0.3 is 19.5 Å². The Bertz CT molecular complexity index is 427. The summed E-state index contributed by atoms with van der Waals surface area (Å²) in [6.07, 6.45) is -0.00671. The van der Waals surface area contributed by atoms with Crippen LogP contribution in [0.15, 0.2) is 18.2 Å². The van der Waals surface area contributed by atoms with Crippen molar-refractivity contribution >= 4 is 0 Å². The lowest BCUT2D eigenvalue weighted by atomic mass is 10.1. The summed E-state index contributed by atoms with van der Waals surface area (Å²) in [4.78, 5) is 0. The van der Waals surface area contributed by atoms with Crippen LogP contribution in [0.5, 0.6) is 11.5 Å². The second kappa shape index (κ2) is 8.25. The quantitative estimate of drug-likeness (QED) is 0.798. The van der Waals surface area contributed by atoms with Gasteiger partial charge in [0, 0.05) is 19.2 Å². The maximum absolute atomic E-state index is 5.87. The van der Waals surface area contributed by atoms with Gasteiger partial charge in [0.25, 0.3) is 0 Å². The molecular weight excluding hydrogens is 266 g/mol. The number of benzene rings is 1. The monoisotopic (exact) mass is 295 g/mol. The highest BCUT2D eigenvalue weighted by Crippen LogP contribution is 2.29. The van der Waals surface area contributed by atoms with Gasteiger partial charge in [-0.05, 0) is 52.3 Å². The molecule has 1 rings (SSSR count). The van der Waals surface area contributed by atoms with Crippen LogP contribution in [0.2, 0.25) is 0 Å². The lowest BCUT2D eigenvalue weighted by Crippen LogP contribution is -2.35.